The van der Waals surface area contributed by atoms with Crippen LogP contribution in [0.3, 0.4) is 0 Å². The van der Waals surface area contributed by atoms with Crippen molar-refractivity contribution in [2.24, 2.45) is 11.8 Å². The van der Waals surface area contributed by atoms with Gasteiger partial charge in [0.1, 0.15) is 0 Å². The molecule has 0 aromatic rings. The van der Waals surface area contributed by atoms with Crippen LogP contribution in [0, 0.1) is 11.8 Å². The summed E-state index contributed by atoms with van der Waals surface area (Å²) < 4.78 is 0. The van der Waals surface area contributed by atoms with Gasteiger partial charge in [-0.25, -0.2) is 0 Å². The van der Waals surface area contributed by atoms with Crippen molar-refractivity contribution in [3.05, 3.63) is 0 Å². The summed E-state index contributed by atoms with van der Waals surface area (Å²) in [5.74, 6) is 1.97. The first-order chi connectivity index (χ1) is 8.74. The van der Waals surface area contributed by atoms with Crippen LogP contribution >= 0.6 is 12.4 Å². The van der Waals surface area contributed by atoms with Crippen LogP contribution in [0.1, 0.15) is 58.3 Å². The van der Waals surface area contributed by atoms with Crippen molar-refractivity contribution in [3.63, 3.8) is 0 Å². The number of amides is 1. The smallest absolute Gasteiger partial charge is 0.221 e. The Bertz CT molecular complexity index is 267. The van der Waals surface area contributed by atoms with Crippen LogP contribution in [-0.2, 0) is 4.79 Å². The third-order valence-corrected chi connectivity index (χ3v) is 4.51. The molecule has 19 heavy (non-hydrogen) atoms. The lowest BCUT2D eigenvalue weighted by molar-refractivity contribution is -0.121. The molecular weight excluding hydrogens is 260 g/mol. The third-order valence-electron chi connectivity index (χ3n) is 4.51. The highest BCUT2D eigenvalue weighted by Crippen LogP contribution is 2.30. The van der Waals surface area contributed by atoms with Crippen molar-refractivity contribution in [1.82, 2.24) is 10.6 Å². The highest BCUT2D eigenvalue weighted by Gasteiger charge is 2.20. The predicted octanol–water partition coefficient (Wildman–Crippen LogP) is 2.88. The minimum absolute atomic E-state index is 0. The van der Waals surface area contributed by atoms with Gasteiger partial charge in [0.05, 0.1) is 0 Å². The predicted molar refractivity (Wildman–Crippen MR) is 81.6 cm³/mol. The lowest BCUT2D eigenvalue weighted by Gasteiger charge is -2.26. The molecule has 1 saturated heterocycles. The normalized spacial score (nSPS) is 30.7. The molecule has 1 aliphatic heterocycles. The summed E-state index contributed by atoms with van der Waals surface area (Å²) in [6, 6.07) is 0.430. The summed E-state index contributed by atoms with van der Waals surface area (Å²) in [7, 11) is 0. The Hall–Kier alpha value is -0.280. The average molecular weight is 289 g/mol. The summed E-state index contributed by atoms with van der Waals surface area (Å²) >= 11 is 0. The zero-order valence-electron chi connectivity index (χ0n) is 12.1. The zero-order valence-corrected chi connectivity index (χ0v) is 12.9. The second-order valence-electron chi connectivity index (χ2n) is 6.27. The van der Waals surface area contributed by atoms with E-state index in [1.165, 1.54) is 38.5 Å². The maximum atomic E-state index is 11.8. The highest BCUT2D eigenvalue weighted by molar-refractivity contribution is 5.85. The minimum atomic E-state index is 0. The average Bonchev–Trinajstić information content (AvgIpc) is 2.82. The molecule has 3 atom stereocenters. The van der Waals surface area contributed by atoms with E-state index >= 15 is 0 Å². The SMILES string of the molecule is CC1CCCC(CCNC(=O)CC2CCCN2)C1.Cl. The van der Waals surface area contributed by atoms with Crippen molar-refractivity contribution in [2.45, 2.75) is 64.3 Å². The van der Waals surface area contributed by atoms with Gasteiger partial charge in [0.15, 0.2) is 0 Å². The van der Waals surface area contributed by atoms with Crippen molar-refractivity contribution in [2.75, 3.05) is 13.1 Å². The molecule has 4 heteroatoms. The van der Waals surface area contributed by atoms with Gasteiger partial charge in [0, 0.05) is 19.0 Å². The quantitative estimate of drug-likeness (QED) is 0.817. The zero-order chi connectivity index (χ0) is 12.8. The molecule has 0 aromatic carbocycles. The van der Waals surface area contributed by atoms with Crippen LogP contribution in [0.25, 0.3) is 0 Å². The molecule has 0 bridgehead atoms. The van der Waals surface area contributed by atoms with Crippen LogP contribution in [0.2, 0.25) is 0 Å². The largest absolute Gasteiger partial charge is 0.356 e. The molecule has 1 saturated carbocycles. The van der Waals surface area contributed by atoms with Crippen molar-refractivity contribution < 1.29 is 4.79 Å². The van der Waals surface area contributed by atoms with Crippen LogP contribution in [0.5, 0.6) is 0 Å². The first kappa shape index (κ1) is 16.8. The number of rotatable bonds is 5. The monoisotopic (exact) mass is 288 g/mol. The van der Waals surface area contributed by atoms with Gasteiger partial charge in [-0.2, -0.15) is 0 Å². The van der Waals surface area contributed by atoms with Crippen molar-refractivity contribution in [1.29, 1.82) is 0 Å². The molecule has 0 spiro atoms. The summed E-state index contributed by atoms with van der Waals surface area (Å²) in [6.45, 7) is 4.32. The summed E-state index contributed by atoms with van der Waals surface area (Å²) in [5.41, 5.74) is 0. The second kappa shape index (κ2) is 8.80. The van der Waals surface area contributed by atoms with Crippen molar-refractivity contribution in [3.8, 4) is 0 Å². The van der Waals surface area contributed by atoms with E-state index < -0.39 is 0 Å². The Morgan fingerprint density at radius 3 is 2.79 bits per heavy atom. The van der Waals surface area contributed by atoms with Gasteiger partial charge in [-0.05, 0) is 44.1 Å². The van der Waals surface area contributed by atoms with Gasteiger partial charge in [0.2, 0.25) is 5.91 Å². The summed E-state index contributed by atoms with van der Waals surface area (Å²) in [4.78, 5) is 11.8. The molecular formula is C15H29ClN2O. The van der Waals surface area contributed by atoms with E-state index in [-0.39, 0.29) is 18.3 Å². The number of hydrogen-bond donors (Lipinski definition) is 2. The Kier molecular flexibility index (Phi) is 7.77. The van der Waals surface area contributed by atoms with E-state index in [1.54, 1.807) is 0 Å². The van der Waals surface area contributed by atoms with E-state index in [1.807, 2.05) is 0 Å². The van der Waals surface area contributed by atoms with E-state index in [4.69, 9.17) is 0 Å². The van der Waals surface area contributed by atoms with Crippen LogP contribution in [0.4, 0.5) is 0 Å². The van der Waals surface area contributed by atoms with Crippen LogP contribution in [-0.4, -0.2) is 25.0 Å². The van der Waals surface area contributed by atoms with E-state index in [0.29, 0.717) is 12.5 Å². The molecule has 2 N–H and O–H groups in total. The molecule has 112 valence electrons. The van der Waals surface area contributed by atoms with Gasteiger partial charge < -0.3 is 10.6 Å². The Balaban J connectivity index is 0.00000180. The molecule has 2 aliphatic rings. The molecule has 1 heterocycles. The third kappa shape index (κ3) is 6.13. The second-order valence-corrected chi connectivity index (χ2v) is 6.27. The van der Waals surface area contributed by atoms with Gasteiger partial charge in [-0.15, -0.1) is 12.4 Å². The Morgan fingerprint density at radius 1 is 1.26 bits per heavy atom. The van der Waals surface area contributed by atoms with E-state index in [0.717, 1.165) is 31.3 Å². The number of carbonyl (C=O) groups excluding carboxylic acids is 1. The van der Waals surface area contributed by atoms with Crippen molar-refractivity contribution >= 4 is 18.3 Å². The lowest BCUT2D eigenvalue weighted by Crippen LogP contribution is -2.33. The van der Waals surface area contributed by atoms with E-state index in [2.05, 4.69) is 17.6 Å². The van der Waals surface area contributed by atoms with E-state index in [9.17, 15) is 4.79 Å². The van der Waals surface area contributed by atoms with Gasteiger partial charge in [-0.1, -0.05) is 26.2 Å². The fourth-order valence-corrected chi connectivity index (χ4v) is 3.46. The maximum Gasteiger partial charge on any atom is 0.221 e. The molecule has 0 aromatic heterocycles. The van der Waals surface area contributed by atoms with Gasteiger partial charge in [0.25, 0.3) is 0 Å². The first-order valence-corrected chi connectivity index (χ1v) is 7.74. The topological polar surface area (TPSA) is 41.1 Å². The molecule has 0 radical (unpaired) electrons. The molecule has 1 aliphatic carbocycles. The highest BCUT2D eigenvalue weighted by atomic mass is 35.5. The molecule has 3 unspecified atom stereocenters. The van der Waals surface area contributed by atoms with Gasteiger partial charge in [-0.3, -0.25) is 4.79 Å². The molecule has 3 nitrogen and oxygen atoms in total. The molecule has 1 amide bonds. The fraction of sp³-hybridized carbons (Fsp3) is 0.933. The van der Waals surface area contributed by atoms with Crippen LogP contribution in [0.15, 0.2) is 0 Å². The minimum Gasteiger partial charge on any atom is -0.356 e. The lowest BCUT2D eigenvalue weighted by atomic mass is 9.81. The standard InChI is InChI=1S/C15H28N2O.ClH/c1-12-4-2-5-13(10-12)7-9-17-15(18)11-14-6-3-8-16-14;/h12-14,16H,2-11H2,1H3,(H,17,18);1H. The van der Waals surface area contributed by atoms with Crippen LogP contribution < -0.4 is 10.6 Å². The number of carbonyl (C=O) groups is 1. The number of halogens is 1. The Morgan fingerprint density at radius 2 is 2.11 bits per heavy atom. The molecule has 2 fully saturated rings. The number of nitrogens with one attached hydrogen (secondary N) is 2. The fourth-order valence-electron chi connectivity index (χ4n) is 3.46. The maximum absolute atomic E-state index is 11.8. The van der Waals surface area contributed by atoms with Gasteiger partial charge >= 0.3 is 0 Å². The summed E-state index contributed by atoms with van der Waals surface area (Å²) in [6.07, 6.45) is 9.73. The Labute approximate surface area is 123 Å². The molecule has 2 rings (SSSR count). The summed E-state index contributed by atoms with van der Waals surface area (Å²) in [5, 5.41) is 6.46. The number of hydrogen-bond acceptors (Lipinski definition) is 2. The first-order valence-electron chi connectivity index (χ1n) is 7.74.